The van der Waals surface area contributed by atoms with Crippen molar-refractivity contribution in [2.45, 2.75) is 13.0 Å². The summed E-state index contributed by atoms with van der Waals surface area (Å²) in [5, 5.41) is 3.28. The highest BCUT2D eigenvalue weighted by atomic mass is 16.5. The van der Waals surface area contributed by atoms with Gasteiger partial charge in [0.25, 0.3) is 0 Å². The predicted molar refractivity (Wildman–Crippen MR) is 98.1 cm³/mol. The molecule has 1 atom stereocenters. The van der Waals surface area contributed by atoms with Crippen molar-refractivity contribution >= 4 is 11.8 Å². The van der Waals surface area contributed by atoms with Gasteiger partial charge in [0.2, 0.25) is 0 Å². The second-order valence-corrected chi connectivity index (χ2v) is 5.76. The molecule has 0 fully saturated rings. The van der Waals surface area contributed by atoms with Gasteiger partial charge in [0.1, 0.15) is 17.1 Å². The predicted octanol–water partition coefficient (Wildman–Crippen LogP) is 2.98. The Morgan fingerprint density at radius 2 is 2.08 bits per heavy atom. The summed E-state index contributed by atoms with van der Waals surface area (Å²) in [7, 11) is 5.68. The summed E-state index contributed by atoms with van der Waals surface area (Å²) < 4.78 is 10.4. The van der Waals surface area contributed by atoms with Crippen molar-refractivity contribution in [3.63, 3.8) is 0 Å². The van der Waals surface area contributed by atoms with Crippen molar-refractivity contribution in [2.24, 2.45) is 0 Å². The first-order valence-electron chi connectivity index (χ1n) is 8.23. The normalized spacial score (nSPS) is 11.9. The maximum Gasteiger partial charge on any atom is 0.341 e. The SMILES string of the molecule is CCOC(=O)c1cccnc1NCC(c1cccc(OC)c1)N(C)C. The van der Waals surface area contributed by atoms with Gasteiger partial charge in [0, 0.05) is 12.7 Å². The molecule has 0 aliphatic heterocycles. The van der Waals surface area contributed by atoms with Crippen molar-refractivity contribution in [1.29, 1.82) is 0 Å². The maximum atomic E-state index is 12.1. The largest absolute Gasteiger partial charge is 0.497 e. The smallest absolute Gasteiger partial charge is 0.341 e. The van der Waals surface area contributed by atoms with Crippen LogP contribution in [0.25, 0.3) is 0 Å². The highest BCUT2D eigenvalue weighted by molar-refractivity contribution is 5.94. The zero-order valence-corrected chi connectivity index (χ0v) is 15.2. The van der Waals surface area contributed by atoms with E-state index in [2.05, 4.69) is 21.3 Å². The summed E-state index contributed by atoms with van der Waals surface area (Å²) in [5.74, 6) is 0.964. The number of aromatic nitrogens is 1. The van der Waals surface area contributed by atoms with E-state index in [0.717, 1.165) is 11.3 Å². The third kappa shape index (κ3) is 4.93. The van der Waals surface area contributed by atoms with Gasteiger partial charge in [-0.15, -0.1) is 0 Å². The van der Waals surface area contributed by atoms with Gasteiger partial charge >= 0.3 is 5.97 Å². The van der Waals surface area contributed by atoms with E-state index in [4.69, 9.17) is 9.47 Å². The number of pyridine rings is 1. The number of esters is 1. The van der Waals surface area contributed by atoms with Gasteiger partial charge < -0.3 is 19.7 Å². The number of ether oxygens (including phenoxy) is 2. The van der Waals surface area contributed by atoms with Gasteiger partial charge in [-0.1, -0.05) is 12.1 Å². The molecule has 0 bridgehead atoms. The molecule has 0 saturated carbocycles. The summed E-state index contributed by atoms with van der Waals surface area (Å²) in [6.07, 6.45) is 1.65. The first kappa shape index (κ1) is 18.7. The average molecular weight is 343 g/mol. The number of hydrogen-bond acceptors (Lipinski definition) is 6. The lowest BCUT2D eigenvalue weighted by Crippen LogP contribution is -2.27. The number of nitrogens with one attached hydrogen (secondary N) is 1. The van der Waals surface area contributed by atoms with Crippen LogP contribution in [-0.4, -0.2) is 50.2 Å². The Morgan fingerprint density at radius 1 is 1.28 bits per heavy atom. The second-order valence-electron chi connectivity index (χ2n) is 5.76. The number of carbonyl (C=O) groups is 1. The monoisotopic (exact) mass is 343 g/mol. The van der Waals surface area contributed by atoms with Crippen LogP contribution in [0, 0.1) is 0 Å². The molecule has 1 N–H and O–H groups in total. The lowest BCUT2D eigenvalue weighted by molar-refractivity contribution is 0.0527. The van der Waals surface area contributed by atoms with E-state index >= 15 is 0 Å². The second kappa shape index (κ2) is 9.03. The third-order valence-electron chi connectivity index (χ3n) is 3.87. The Bertz CT molecular complexity index is 704. The van der Waals surface area contributed by atoms with Crippen molar-refractivity contribution < 1.29 is 14.3 Å². The van der Waals surface area contributed by atoms with Crippen LogP contribution in [0.5, 0.6) is 5.75 Å². The maximum absolute atomic E-state index is 12.1. The Balaban J connectivity index is 2.18. The number of anilines is 1. The van der Waals surface area contributed by atoms with Crippen LogP contribution < -0.4 is 10.1 Å². The lowest BCUT2D eigenvalue weighted by Gasteiger charge is -2.26. The molecule has 0 amide bonds. The molecule has 0 radical (unpaired) electrons. The van der Waals surface area contributed by atoms with Crippen molar-refractivity contribution in [3.8, 4) is 5.75 Å². The minimum atomic E-state index is -0.374. The van der Waals surface area contributed by atoms with E-state index in [0.29, 0.717) is 24.5 Å². The first-order chi connectivity index (χ1) is 12.1. The standard InChI is InChI=1S/C19H25N3O3/c1-5-25-19(23)16-10-7-11-20-18(16)21-13-17(22(2)3)14-8-6-9-15(12-14)24-4/h6-12,17H,5,13H2,1-4H3,(H,20,21). The molecule has 25 heavy (non-hydrogen) atoms. The summed E-state index contributed by atoms with van der Waals surface area (Å²) in [6, 6.07) is 11.5. The van der Waals surface area contributed by atoms with Crippen LogP contribution in [0.4, 0.5) is 5.82 Å². The Labute approximate surface area is 148 Å². The molecular formula is C19H25N3O3. The molecule has 0 saturated heterocycles. The summed E-state index contributed by atoms with van der Waals surface area (Å²) in [6.45, 7) is 2.70. The highest BCUT2D eigenvalue weighted by Crippen LogP contribution is 2.23. The molecule has 6 nitrogen and oxygen atoms in total. The Hall–Kier alpha value is -2.60. The van der Waals surface area contributed by atoms with Crippen LogP contribution in [0.1, 0.15) is 28.9 Å². The van der Waals surface area contributed by atoms with Crippen LogP contribution in [-0.2, 0) is 4.74 Å². The van der Waals surface area contributed by atoms with E-state index in [1.807, 2.05) is 32.3 Å². The van der Waals surface area contributed by atoms with Crippen molar-refractivity contribution in [1.82, 2.24) is 9.88 Å². The molecule has 1 unspecified atom stereocenters. The molecule has 0 aliphatic rings. The summed E-state index contributed by atoms with van der Waals surface area (Å²) in [4.78, 5) is 18.5. The van der Waals surface area contributed by atoms with Crippen LogP contribution in [0.2, 0.25) is 0 Å². The third-order valence-corrected chi connectivity index (χ3v) is 3.87. The number of hydrogen-bond donors (Lipinski definition) is 1. The van der Waals surface area contributed by atoms with Crippen molar-refractivity contribution in [2.75, 3.05) is 39.7 Å². The molecule has 134 valence electrons. The number of likely N-dealkylation sites (N-methyl/N-ethyl adjacent to an activating group) is 1. The molecule has 6 heteroatoms. The van der Waals surface area contributed by atoms with Gasteiger partial charge in [0.15, 0.2) is 0 Å². The lowest BCUT2D eigenvalue weighted by atomic mass is 10.1. The summed E-state index contributed by atoms with van der Waals surface area (Å²) >= 11 is 0. The number of nitrogens with zero attached hydrogens (tertiary/aromatic N) is 2. The number of carbonyl (C=O) groups excluding carboxylic acids is 1. The fourth-order valence-electron chi connectivity index (χ4n) is 2.56. The van der Waals surface area contributed by atoms with E-state index in [1.54, 1.807) is 32.4 Å². The van der Waals surface area contributed by atoms with E-state index < -0.39 is 0 Å². The molecule has 2 aromatic rings. The minimum Gasteiger partial charge on any atom is -0.497 e. The highest BCUT2D eigenvalue weighted by Gasteiger charge is 2.18. The minimum absolute atomic E-state index is 0.0900. The number of methoxy groups -OCH3 is 1. The average Bonchev–Trinajstić information content (AvgIpc) is 2.62. The van der Waals surface area contributed by atoms with Crippen LogP contribution in [0.15, 0.2) is 42.6 Å². The van der Waals surface area contributed by atoms with Gasteiger partial charge in [-0.05, 0) is 50.8 Å². The molecule has 1 aromatic heterocycles. The van der Waals surface area contributed by atoms with Crippen molar-refractivity contribution in [3.05, 3.63) is 53.7 Å². The fraction of sp³-hybridized carbons (Fsp3) is 0.368. The van der Waals surface area contributed by atoms with E-state index in [1.165, 1.54) is 0 Å². The molecule has 0 aliphatic carbocycles. The quantitative estimate of drug-likeness (QED) is 0.744. The number of benzene rings is 1. The van der Waals surface area contributed by atoms with Gasteiger partial charge in [-0.3, -0.25) is 0 Å². The van der Waals surface area contributed by atoms with Gasteiger partial charge in [-0.2, -0.15) is 0 Å². The molecule has 0 spiro atoms. The van der Waals surface area contributed by atoms with Gasteiger partial charge in [0.05, 0.1) is 19.8 Å². The Morgan fingerprint density at radius 3 is 2.76 bits per heavy atom. The molecule has 1 heterocycles. The number of rotatable bonds is 8. The molecule has 1 aromatic carbocycles. The molecule has 2 rings (SSSR count). The van der Waals surface area contributed by atoms with E-state index in [9.17, 15) is 4.79 Å². The van der Waals surface area contributed by atoms with Crippen LogP contribution >= 0.6 is 0 Å². The molecular weight excluding hydrogens is 318 g/mol. The van der Waals surface area contributed by atoms with Crippen LogP contribution in [0.3, 0.4) is 0 Å². The fourth-order valence-corrected chi connectivity index (χ4v) is 2.56. The zero-order valence-electron chi connectivity index (χ0n) is 15.2. The first-order valence-corrected chi connectivity index (χ1v) is 8.23. The Kier molecular flexibility index (Phi) is 6.77. The van der Waals surface area contributed by atoms with E-state index in [-0.39, 0.29) is 12.0 Å². The topological polar surface area (TPSA) is 63.7 Å². The summed E-state index contributed by atoms with van der Waals surface area (Å²) in [5.41, 5.74) is 1.55. The van der Waals surface area contributed by atoms with Gasteiger partial charge in [-0.25, -0.2) is 9.78 Å². The zero-order chi connectivity index (χ0) is 18.2.